The van der Waals surface area contributed by atoms with Crippen molar-refractivity contribution in [2.24, 2.45) is 0 Å². The summed E-state index contributed by atoms with van der Waals surface area (Å²) >= 11 is 6.18. The van der Waals surface area contributed by atoms with E-state index in [0.29, 0.717) is 11.3 Å². The van der Waals surface area contributed by atoms with E-state index in [1.807, 2.05) is 13.8 Å². The summed E-state index contributed by atoms with van der Waals surface area (Å²) in [4.78, 5) is 25.4. The molecule has 0 aliphatic heterocycles. The van der Waals surface area contributed by atoms with Gasteiger partial charge in [0.1, 0.15) is 6.33 Å². The van der Waals surface area contributed by atoms with Crippen LogP contribution in [0.15, 0.2) is 24.5 Å². The first-order valence-corrected chi connectivity index (χ1v) is 7.34. The predicted octanol–water partition coefficient (Wildman–Crippen LogP) is 0.912. The van der Waals surface area contributed by atoms with Crippen LogP contribution in [0.5, 0.6) is 0 Å². The monoisotopic (exact) mass is 336 g/mol. The molecule has 0 fully saturated rings. The van der Waals surface area contributed by atoms with Gasteiger partial charge in [-0.3, -0.25) is 9.59 Å². The lowest BCUT2D eigenvalue weighted by Crippen LogP contribution is -2.40. The fourth-order valence-corrected chi connectivity index (χ4v) is 2.22. The number of nitrogens with zero attached hydrogens (tertiary/aromatic N) is 5. The molecule has 0 radical (unpaired) electrons. The van der Waals surface area contributed by atoms with Crippen molar-refractivity contribution in [2.75, 3.05) is 13.6 Å². The number of aromatic nitrogens is 4. The highest BCUT2D eigenvalue weighted by molar-refractivity contribution is 6.34. The van der Waals surface area contributed by atoms with Crippen LogP contribution in [0.2, 0.25) is 5.02 Å². The van der Waals surface area contributed by atoms with Gasteiger partial charge in [0.25, 0.3) is 5.91 Å². The Morgan fingerprint density at radius 2 is 2.13 bits per heavy atom. The molecular weight excluding hydrogens is 320 g/mol. The molecule has 2 amide bonds. The molecule has 23 heavy (non-hydrogen) atoms. The van der Waals surface area contributed by atoms with Gasteiger partial charge in [-0.05, 0) is 42.5 Å². The number of rotatable bonds is 5. The van der Waals surface area contributed by atoms with E-state index in [0.717, 1.165) is 0 Å². The molecule has 0 bridgehead atoms. The maximum absolute atomic E-state index is 12.4. The van der Waals surface area contributed by atoms with E-state index in [1.54, 1.807) is 25.2 Å². The average molecular weight is 337 g/mol. The maximum atomic E-state index is 12.4. The first-order valence-electron chi connectivity index (χ1n) is 6.96. The molecule has 122 valence electrons. The van der Waals surface area contributed by atoms with Gasteiger partial charge >= 0.3 is 0 Å². The second-order valence-electron chi connectivity index (χ2n) is 5.30. The van der Waals surface area contributed by atoms with Crippen molar-refractivity contribution >= 4 is 23.4 Å². The number of tetrazole rings is 1. The van der Waals surface area contributed by atoms with Crippen LogP contribution in [0.3, 0.4) is 0 Å². The second-order valence-corrected chi connectivity index (χ2v) is 5.71. The smallest absolute Gasteiger partial charge is 0.255 e. The Labute approximate surface area is 138 Å². The number of amides is 2. The molecule has 0 aliphatic carbocycles. The summed E-state index contributed by atoms with van der Waals surface area (Å²) in [6.45, 7) is 3.67. The lowest BCUT2D eigenvalue weighted by atomic mass is 10.2. The molecule has 0 unspecified atom stereocenters. The van der Waals surface area contributed by atoms with Crippen LogP contribution in [-0.4, -0.2) is 56.6 Å². The van der Waals surface area contributed by atoms with Crippen LogP contribution < -0.4 is 5.32 Å². The predicted molar refractivity (Wildman–Crippen MR) is 84.4 cm³/mol. The molecule has 2 aromatic rings. The number of halogens is 1. The SMILES string of the molecule is CC(C)NC(=O)CN(C)C(=O)c1ccc(-n2cnnn2)cc1Cl. The van der Waals surface area contributed by atoms with E-state index in [4.69, 9.17) is 11.6 Å². The highest BCUT2D eigenvalue weighted by Gasteiger charge is 2.18. The van der Waals surface area contributed by atoms with Crippen LogP contribution >= 0.6 is 11.6 Å². The first-order chi connectivity index (χ1) is 10.9. The molecule has 1 heterocycles. The Hall–Kier alpha value is -2.48. The number of hydrogen-bond donors (Lipinski definition) is 1. The minimum Gasteiger partial charge on any atom is -0.352 e. The second kappa shape index (κ2) is 7.19. The lowest BCUT2D eigenvalue weighted by molar-refractivity contribution is -0.122. The number of hydrogen-bond acceptors (Lipinski definition) is 5. The minimum absolute atomic E-state index is 0.0187. The Bertz CT molecular complexity index is 701. The van der Waals surface area contributed by atoms with Gasteiger partial charge in [-0.2, -0.15) is 0 Å². The first kappa shape index (κ1) is 16.9. The van der Waals surface area contributed by atoms with Gasteiger partial charge in [-0.1, -0.05) is 11.6 Å². The van der Waals surface area contributed by atoms with Crippen LogP contribution in [-0.2, 0) is 4.79 Å². The van der Waals surface area contributed by atoms with E-state index in [9.17, 15) is 9.59 Å². The zero-order valence-electron chi connectivity index (χ0n) is 13.0. The maximum Gasteiger partial charge on any atom is 0.255 e. The largest absolute Gasteiger partial charge is 0.352 e. The summed E-state index contributed by atoms with van der Waals surface area (Å²) in [6.07, 6.45) is 1.43. The fraction of sp³-hybridized carbons (Fsp3) is 0.357. The van der Waals surface area contributed by atoms with E-state index < -0.39 is 0 Å². The summed E-state index contributed by atoms with van der Waals surface area (Å²) in [7, 11) is 1.55. The number of benzene rings is 1. The van der Waals surface area contributed by atoms with Gasteiger partial charge in [0.15, 0.2) is 0 Å². The summed E-state index contributed by atoms with van der Waals surface area (Å²) < 4.78 is 1.43. The highest BCUT2D eigenvalue weighted by atomic mass is 35.5. The Morgan fingerprint density at radius 3 is 2.70 bits per heavy atom. The molecular formula is C14H17ClN6O2. The van der Waals surface area contributed by atoms with Gasteiger partial charge < -0.3 is 10.2 Å². The van der Waals surface area contributed by atoms with Crippen molar-refractivity contribution in [3.05, 3.63) is 35.1 Å². The Balaban J connectivity index is 2.11. The van der Waals surface area contributed by atoms with E-state index >= 15 is 0 Å². The van der Waals surface area contributed by atoms with Crippen LogP contribution in [0.4, 0.5) is 0 Å². The van der Waals surface area contributed by atoms with Crippen molar-refractivity contribution in [3.8, 4) is 5.69 Å². The summed E-state index contributed by atoms with van der Waals surface area (Å²) in [5.74, 6) is -0.561. The zero-order valence-corrected chi connectivity index (χ0v) is 13.8. The van der Waals surface area contributed by atoms with Crippen molar-refractivity contribution in [2.45, 2.75) is 19.9 Å². The van der Waals surface area contributed by atoms with E-state index in [-0.39, 0.29) is 29.4 Å². The van der Waals surface area contributed by atoms with Gasteiger partial charge in [0.2, 0.25) is 5.91 Å². The third kappa shape index (κ3) is 4.26. The Morgan fingerprint density at radius 1 is 1.39 bits per heavy atom. The normalized spacial score (nSPS) is 10.7. The van der Waals surface area contributed by atoms with Crippen LogP contribution in [0.25, 0.3) is 5.69 Å². The molecule has 0 saturated carbocycles. The molecule has 0 atom stereocenters. The van der Waals surface area contributed by atoms with Crippen molar-refractivity contribution in [1.29, 1.82) is 0 Å². The van der Waals surface area contributed by atoms with E-state index in [2.05, 4.69) is 20.8 Å². The van der Waals surface area contributed by atoms with Crippen molar-refractivity contribution < 1.29 is 9.59 Å². The molecule has 2 rings (SSSR count). The average Bonchev–Trinajstić information content (AvgIpc) is 2.99. The molecule has 1 aromatic carbocycles. The number of likely N-dealkylation sites (N-methyl/N-ethyl adjacent to an activating group) is 1. The van der Waals surface area contributed by atoms with Gasteiger partial charge in [-0.15, -0.1) is 5.10 Å². The standard InChI is InChI=1S/C14H17ClN6O2/c1-9(2)17-13(22)7-20(3)14(23)11-5-4-10(6-12(11)15)21-8-16-18-19-21/h4-6,8-9H,7H2,1-3H3,(H,17,22). The number of carbonyl (C=O) groups is 2. The third-order valence-electron chi connectivity index (χ3n) is 2.97. The summed E-state index contributed by atoms with van der Waals surface area (Å²) in [5, 5.41) is 13.8. The minimum atomic E-state index is -0.336. The molecule has 9 heteroatoms. The summed E-state index contributed by atoms with van der Waals surface area (Å²) in [6, 6.07) is 4.87. The lowest BCUT2D eigenvalue weighted by Gasteiger charge is -2.18. The third-order valence-corrected chi connectivity index (χ3v) is 3.29. The van der Waals surface area contributed by atoms with Gasteiger partial charge in [0.05, 0.1) is 22.8 Å². The quantitative estimate of drug-likeness (QED) is 0.876. The van der Waals surface area contributed by atoms with Crippen molar-refractivity contribution in [3.63, 3.8) is 0 Å². The molecule has 0 saturated heterocycles. The van der Waals surface area contributed by atoms with Crippen LogP contribution in [0, 0.1) is 0 Å². The molecule has 8 nitrogen and oxygen atoms in total. The topological polar surface area (TPSA) is 93.0 Å². The molecule has 0 spiro atoms. The number of nitrogens with one attached hydrogen (secondary N) is 1. The van der Waals surface area contributed by atoms with E-state index in [1.165, 1.54) is 15.9 Å². The number of carbonyl (C=O) groups excluding carboxylic acids is 2. The fourth-order valence-electron chi connectivity index (χ4n) is 1.96. The molecule has 1 N–H and O–H groups in total. The van der Waals surface area contributed by atoms with Gasteiger partial charge in [-0.25, -0.2) is 4.68 Å². The van der Waals surface area contributed by atoms with Crippen molar-refractivity contribution in [1.82, 2.24) is 30.4 Å². The Kier molecular flexibility index (Phi) is 5.28. The molecule has 1 aromatic heterocycles. The van der Waals surface area contributed by atoms with Gasteiger partial charge in [0, 0.05) is 13.1 Å². The molecule has 0 aliphatic rings. The highest BCUT2D eigenvalue weighted by Crippen LogP contribution is 2.21. The summed E-state index contributed by atoms with van der Waals surface area (Å²) in [5.41, 5.74) is 0.945. The van der Waals surface area contributed by atoms with Crippen LogP contribution in [0.1, 0.15) is 24.2 Å². The zero-order chi connectivity index (χ0) is 17.0.